The lowest BCUT2D eigenvalue weighted by atomic mass is 10.0. The Bertz CT molecular complexity index is 621. The van der Waals surface area contributed by atoms with Gasteiger partial charge in [-0.25, -0.2) is 0 Å². The number of piperidine rings is 1. The smallest absolute Gasteiger partial charge is 0.0377 e. The highest BCUT2D eigenvalue weighted by Crippen LogP contribution is 2.24. The Hall–Kier alpha value is -0.360. The van der Waals surface area contributed by atoms with E-state index in [1.807, 2.05) is 24.3 Å². The third-order valence-corrected chi connectivity index (χ3v) is 5.63. The standard InChI is InChI=1S/C13H19BrN2.C6H4Br2/c1-15(2)12-6-8-16(9-7-12)13-5-3-4-11(14)10-13;7-5-2-1-3-6(8)4-5/h3-5,10,12H,6-9H2,1-2H3;1-4H. The van der Waals surface area contributed by atoms with Crippen LogP contribution in [0.2, 0.25) is 0 Å². The molecule has 0 amide bonds. The molecule has 0 N–H and O–H groups in total. The maximum atomic E-state index is 3.53. The van der Waals surface area contributed by atoms with Gasteiger partial charge in [0.25, 0.3) is 0 Å². The van der Waals surface area contributed by atoms with Crippen molar-refractivity contribution in [3.63, 3.8) is 0 Å². The number of hydrogen-bond acceptors (Lipinski definition) is 2. The van der Waals surface area contributed by atoms with Gasteiger partial charge in [-0.1, -0.05) is 59.9 Å². The van der Waals surface area contributed by atoms with E-state index in [9.17, 15) is 0 Å². The van der Waals surface area contributed by atoms with E-state index in [-0.39, 0.29) is 0 Å². The third-order valence-electron chi connectivity index (χ3n) is 4.15. The van der Waals surface area contributed by atoms with Crippen LogP contribution in [0.3, 0.4) is 0 Å². The van der Waals surface area contributed by atoms with Crippen molar-refractivity contribution in [3.05, 3.63) is 61.9 Å². The molecular formula is C19H23Br3N2. The summed E-state index contributed by atoms with van der Waals surface area (Å²) in [7, 11) is 4.36. The summed E-state index contributed by atoms with van der Waals surface area (Å²) in [6.07, 6.45) is 2.53. The predicted octanol–water partition coefficient (Wildman–Crippen LogP) is 6.19. The van der Waals surface area contributed by atoms with E-state index >= 15 is 0 Å². The zero-order valence-corrected chi connectivity index (χ0v) is 18.8. The van der Waals surface area contributed by atoms with Crippen LogP contribution in [-0.4, -0.2) is 38.1 Å². The number of hydrogen-bond donors (Lipinski definition) is 0. The van der Waals surface area contributed by atoms with Gasteiger partial charge in [0.1, 0.15) is 0 Å². The van der Waals surface area contributed by atoms with Crippen LogP contribution in [-0.2, 0) is 0 Å². The van der Waals surface area contributed by atoms with Crippen LogP contribution < -0.4 is 4.90 Å². The minimum absolute atomic E-state index is 0.753. The van der Waals surface area contributed by atoms with Gasteiger partial charge in [-0.2, -0.15) is 0 Å². The summed E-state index contributed by atoms with van der Waals surface area (Å²) in [6, 6.07) is 17.3. The SMILES string of the molecule is Brc1cccc(Br)c1.CN(C)C1CCN(c2cccc(Br)c2)CC1. The van der Waals surface area contributed by atoms with Gasteiger partial charge in [0.15, 0.2) is 0 Å². The van der Waals surface area contributed by atoms with Crippen LogP contribution in [0.1, 0.15) is 12.8 Å². The summed E-state index contributed by atoms with van der Waals surface area (Å²) in [6.45, 7) is 2.33. The van der Waals surface area contributed by atoms with E-state index in [1.54, 1.807) is 0 Å². The van der Waals surface area contributed by atoms with Crippen molar-refractivity contribution in [2.45, 2.75) is 18.9 Å². The Morgan fingerprint density at radius 1 is 0.833 bits per heavy atom. The molecule has 1 aliphatic rings. The van der Waals surface area contributed by atoms with Crippen molar-refractivity contribution in [1.29, 1.82) is 0 Å². The van der Waals surface area contributed by atoms with Crippen LogP contribution in [0.15, 0.2) is 61.9 Å². The molecule has 0 spiro atoms. The molecule has 1 aliphatic heterocycles. The zero-order chi connectivity index (χ0) is 17.5. The van der Waals surface area contributed by atoms with Crippen LogP contribution in [0.4, 0.5) is 5.69 Å². The van der Waals surface area contributed by atoms with Crippen LogP contribution in [0, 0.1) is 0 Å². The summed E-state index contributed by atoms with van der Waals surface area (Å²) >= 11 is 10.2. The number of benzene rings is 2. The topological polar surface area (TPSA) is 6.48 Å². The average Bonchev–Trinajstić information content (AvgIpc) is 2.55. The van der Waals surface area contributed by atoms with Gasteiger partial charge < -0.3 is 9.80 Å². The molecule has 1 heterocycles. The van der Waals surface area contributed by atoms with E-state index < -0.39 is 0 Å². The first-order valence-corrected chi connectivity index (χ1v) is 10.4. The van der Waals surface area contributed by atoms with Crippen molar-refractivity contribution < 1.29 is 0 Å². The Morgan fingerprint density at radius 3 is 1.75 bits per heavy atom. The summed E-state index contributed by atoms with van der Waals surface area (Å²) < 4.78 is 3.37. The van der Waals surface area contributed by atoms with Crippen molar-refractivity contribution in [2.24, 2.45) is 0 Å². The first-order chi connectivity index (χ1) is 11.5. The van der Waals surface area contributed by atoms with E-state index in [1.165, 1.54) is 36.1 Å². The molecule has 0 radical (unpaired) electrons. The molecule has 5 heteroatoms. The van der Waals surface area contributed by atoms with E-state index in [0.29, 0.717) is 0 Å². The molecule has 3 rings (SSSR count). The molecule has 0 bridgehead atoms. The van der Waals surface area contributed by atoms with E-state index in [2.05, 4.69) is 96.0 Å². The number of halogens is 3. The largest absolute Gasteiger partial charge is 0.371 e. The minimum atomic E-state index is 0.753. The van der Waals surface area contributed by atoms with Gasteiger partial charge in [0.05, 0.1) is 0 Å². The highest BCUT2D eigenvalue weighted by atomic mass is 79.9. The molecule has 1 saturated heterocycles. The fraction of sp³-hybridized carbons (Fsp3) is 0.368. The third kappa shape index (κ3) is 6.51. The van der Waals surface area contributed by atoms with E-state index in [4.69, 9.17) is 0 Å². The Balaban J connectivity index is 0.000000219. The highest BCUT2D eigenvalue weighted by molar-refractivity contribution is 9.11. The maximum Gasteiger partial charge on any atom is 0.0377 e. The summed E-state index contributed by atoms with van der Waals surface area (Å²) in [5.74, 6) is 0. The lowest BCUT2D eigenvalue weighted by molar-refractivity contribution is 0.249. The second-order valence-electron chi connectivity index (χ2n) is 6.10. The summed E-state index contributed by atoms with van der Waals surface area (Å²) in [5.41, 5.74) is 1.34. The fourth-order valence-electron chi connectivity index (χ4n) is 2.77. The van der Waals surface area contributed by atoms with Gasteiger partial charge in [0.2, 0.25) is 0 Å². The molecule has 0 saturated carbocycles. The van der Waals surface area contributed by atoms with Gasteiger partial charge in [-0.3, -0.25) is 0 Å². The van der Waals surface area contributed by atoms with Crippen molar-refractivity contribution in [2.75, 3.05) is 32.1 Å². The van der Waals surface area contributed by atoms with Gasteiger partial charge >= 0.3 is 0 Å². The lowest BCUT2D eigenvalue weighted by Gasteiger charge is -2.36. The van der Waals surface area contributed by atoms with Crippen molar-refractivity contribution in [1.82, 2.24) is 4.90 Å². The van der Waals surface area contributed by atoms with Crippen molar-refractivity contribution in [3.8, 4) is 0 Å². The summed E-state index contributed by atoms with van der Waals surface area (Å²) in [4.78, 5) is 4.82. The minimum Gasteiger partial charge on any atom is -0.371 e. The second-order valence-corrected chi connectivity index (χ2v) is 8.85. The molecule has 130 valence electrons. The number of rotatable bonds is 2. The van der Waals surface area contributed by atoms with Crippen molar-refractivity contribution >= 4 is 53.5 Å². The molecule has 24 heavy (non-hydrogen) atoms. The fourth-order valence-corrected chi connectivity index (χ4v) is 4.27. The van der Waals surface area contributed by atoms with Gasteiger partial charge in [-0.15, -0.1) is 0 Å². The molecule has 0 aliphatic carbocycles. The van der Waals surface area contributed by atoms with Crippen LogP contribution in [0.5, 0.6) is 0 Å². The monoisotopic (exact) mass is 516 g/mol. The Morgan fingerprint density at radius 2 is 1.33 bits per heavy atom. The molecule has 1 fully saturated rings. The Kier molecular flexibility index (Phi) is 8.28. The van der Waals surface area contributed by atoms with Crippen LogP contribution >= 0.6 is 47.8 Å². The quantitative estimate of drug-likeness (QED) is 0.467. The zero-order valence-electron chi connectivity index (χ0n) is 14.1. The molecular weight excluding hydrogens is 496 g/mol. The van der Waals surface area contributed by atoms with E-state index in [0.717, 1.165) is 15.0 Å². The highest BCUT2D eigenvalue weighted by Gasteiger charge is 2.20. The first-order valence-electron chi connectivity index (χ1n) is 8.03. The molecule has 0 unspecified atom stereocenters. The second kappa shape index (κ2) is 9.95. The molecule has 0 aromatic heterocycles. The Labute approximate surface area is 170 Å². The molecule has 2 nitrogen and oxygen atoms in total. The van der Waals surface area contributed by atoms with Gasteiger partial charge in [0, 0.05) is 38.2 Å². The first kappa shape index (κ1) is 20.0. The summed E-state index contributed by atoms with van der Waals surface area (Å²) in [5, 5.41) is 0. The predicted molar refractivity (Wildman–Crippen MR) is 115 cm³/mol. The van der Waals surface area contributed by atoms with Crippen LogP contribution in [0.25, 0.3) is 0 Å². The normalized spacial score (nSPS) is 15.2. The van der Waals surface area contributed by atoms with Gasteiger partial charge in [-0.05, 0) is 63.3 Å². The average molecular weight is 519 g/mol. The number of anilines is 1. The number of nitrogens with zero attached hydrogens (tertiary/aromatic N) is 2. The molecule has 0 atom stereocenters. The maximum absolute atomic E-state index is 3.53. The lowest BCUT2D eigenvalue weighted by Crippen LogP contribution is -2.41. The molecule has 2 aromatic carbocycles. The molecule has 2 aromatic rings.